The maximum atomic E-state index is 12.5. The quantitative estimate of drug-likeness (QED) is 0.305. The Morgan fingerprint density at radius 2 is 1.64 bits per heavy atom. The zero-order valence-electron chi connectivity index (χ0n) is 17.9. The van der Waals surface area contributed by atoms with Crippen molar-refractivity contribution in [2.45, 2.75) is 77.7 Å². The Morgan fingerprint density at radius 1 is 1.00 bits per heavy atom. The number of unbranched alkanes of at least 4 members (excludes halogenated alkanes) is 3. The molecule has 168 valence electrons. The minimum atomic E-state index is -3.38. The average molecular weight is 426 g/mol. The third kappa shape index (κ3) is 8.76. The number of nitrogens with zero attached hydrogens (tertiary/aromatic N) is 1. The van der Waals surface area contributed by atoms with Gasteiger partial charge in [0, 0.05) is 25.8 Å². The molecule has 0 aliphatic carbocycles. The maximum Gasteiger partial charge on any atom is 0.356 e. The van der Waals surface area contributed by atoms with E-state index in [9.17, 15) is 14.8 Å². The van der Waals surface area contributed by atoms with E-state index in [1.165, 1.54) is 0 Å². The molecular formula is C19H40NO7P. The van der Waals surface area contributed by atoms with E-state index in [0.29, 0.717) is 6.54 Å². The standard InChI is InChI=1S/C19H40NO7P/c1-5-24-13-11-9-8-10-12-20-14-17(21)19(18(22)16(20)4)25-15-28(23,26-6-2)27-7-3/h16-19,21-22H,5-15H2,1-4H3/t16-,17+,18+,19-/m1/s1. The molecule has 1 aliphatic heterocycles. The molecule has 0 aromatic rings. The second-order valence-corrected chi connectivity index (χ2v) is 9.11. The fourth-order valence-electron chi connectivity index (χ4n) is 3.43. The van der Waals surface area contributed by atoms with Crippen LogP contribution in [0.4, 0.5) is 0 Å². The first-order chi connectivity index (χ1) is 13.4. The van der Waals surface area contributed by atoms with Crippen LogP contribution in [0.25, 0.3) is 0 Å². The summed E-state index contributed by atoms with van der Waals surface area (Å²) < 4.78 is 33.9. The summed E-state index contributed by atoms with van der Waals surface area (Å²) in [6, 6.07) is -0.157. The lowest BCUT2D eigenvalue weighted by Gasteiger charge is -2.44. The van der Waals surface area contributed by atoms with Gasteiger partial charge in [-0.1, -0.05) is 12.8 Å². The average Bonchev–Trinajstić information content (AvgIpc) is 2.65. The van der Waals surface area contributed by atoms with E-state index < -0.39 is 25.9 Å². The number of piperidine rings is 1. The van der Waals surface area contributed by atoms with Crippen molar-refractivity contribution in [3.05, 3.63) is 0 Å². The lowest BCUT2D eigenvalue weighted by Crippen LogP contribution is -2.61. The Kier molecular flexibility index (Phi) is 13.0. The first-order valence-electron chi connectivity index (χ1n) is 10.6. The van der Waals surface area contributed by atoms with Gasteiger partial charge in [-0.05, 0) is 47.1 Å². The van der Waals surface area contributed by atoms with Gasteiger partial charge >= 0.3 is 7.60 Å². The molecule has 28 heavy (non-hydrogen) atoms. The molecule has 8 nitrogen and oxygen atoms in total. The van der Waals surface area contributed by atoms with Crippen LogP contribution in [-0.2, 0) is 23.1 Å². The number of β-amino-alcohol motifs (C(OH)–C–C–N with tert-alkyl or cyclic N) is 1. The third-order valence-electron chi connectivity index (χ3n) is 4.97. The molecule has 0 aromatic heterocycles. The molecular weight excluding hydrogens is 385 g/mol. The number of ether oxygens (including phenoxy) is 2. The number of hydrogen-bond donors (Lipinski definition) is 2. The van der Waals surface area contributed by atoms with E-state index in [1.807, 2.05) is 13.8 Å². The van der Waals surface area contributed by atoms with Crippen LogP contribution < -0.4 is 0 Å². The molecule has 1 rings (SSSR count). The smallest absolute Gasteiger partial charge is 0.356 e. The second-order valence-electron chi connectivity index (χ2n) is 7.11. The molecule has 0 spiro atoms. The highest BCUT2D eigenvalue weighted by molar-refractivity contribution is 7.53. The van der Waals surface area contributed by atoms with E-state index >= 15 is 0 Å². The van der Waals surface area contributed by atoms with Gasteiger partial charge in [0.15, 0.2) is 0 Å². The lowest BCUT2D eigenvalue weighted by molar-refractivity contribution is -0.152. The van der Waals surface area contributed by atoms with Crippen molar-refractivity contribution in [3.63, 3.8) is 0 Å². The van der Waals surface area contributed by atoms with Gasteiger partial charge in [0.1, 0.15) is 12.5 Å². The van der Waals surface area contributed by atoms with Crippen molar-refractivity contribution in [1.29, 1.82) is 0 Å². The molecule has 1 saturated heterocycles. The predicted molar refractivity (Wildman–Crippen MR) is 109 cm³/mol. The molecule has 0 bridgehead atoms. The zero-order valence-corrected chi connectivity index (χ0v) is 18.8. The molecule has 0 unspecified atom stereocenters. The summed E-state index contributed by atoms with van der Waals surface area (Å²) in [4.78, 5) is 2.09. The number of rotatable bonds is 15. The molecule has 4 atom stereocenters. The number of likely N-dealkylation sites (tertiary alicyclic amines) is 1. The van der Waals surface area contributed by atoms with Gasteiger partial charge in [-0.3, -0.25) is 9.46 Å². The minimum Gasteiger partial charge on any atom is -0.389 e. The Bertz CT molecular complexity index is 444. The molecule has 9 heteroatoms. The van der Waals surface area contributed by atoms with Crippen molar-refractivity contribution in [2.24, 2.45) is 0 Å². The summed E-state index contributed by atoms with van der Waals surface area (Å²) in [5, 5.41) is 21.1. The van der Waals surface area contributed by atoms with Crippen LogP contribution in [0.15, 0.2) is 0 Å². The van der Waals surface area contributed by atoms with Gasteiger partial charge in [0.2, 0.25) is 0 Å². The van der Waals surface area contributed by atoms with Crippen molar-refractivity contribution in [2.75, 3.05) is 45.9 Å². The largest absolute Gasteiger partial charge is 0.389 e. The van der Waals surface area contributed by atoms with Crippen LogP contribution in [0.2, 0.25) is 0 Å². The van der Waals surface area contributed by atoms with Gasteiger partial charge in [-0.25, -0.2) is 0 Å². The molecule has 1 heterocycles. The van der Waals surface area contributed by atoms with Crippen LogP contribution in [0, 0.1) is 0 Å². The summed E-state index contributed by atoms with van der Waals surface area (Å²) >= 11 is 0. The molecule has 0 aromatic carbocycles. The van der Waals surface area contributed by atoms with Gasteiger partial charge in [-0.15, -0.1) is 0 Å². The zero-order chi connectivity index (χ0) is 21.0. The topological polar surface area (TPSA) is 97.7 Å². The molecule has 0 radical (unpaired) electrons. The van der Waals surface area contributed by atoms with E-state index in [2.05, 4.69) is 4.90 Å². The molecule has 0 amide bonds. The van der Waals surface area contributed by atoms with Crippen molar-refractivity contribution in [3.8, 4) is 0 Å². The molecule has 2 N–H and O–H groups in total. The minimum absolute atomic E-state index is 0.157. The summed E-state index contributed by atoms with van der Waals surface area (Å²) in [5.41, 5.74) is 0. The van der Waals surface area contributed by atoms with Crippen LogP contribution in [0.3, 0.4) is 0 Å². The number of hydrogen-bond acceptors (Lipinski definition) is 8. The Morgan fingerprint density at radius 3 is 2.25 bits per heavy atom. The summed E-state index contributed by atoms with van der Waals surface area (Å²) in [6.45, 7) is 10.7. The predicted octanol–water partition coefficient (Wildman–Crippen LogP) is 2.62. The third-order valence-corrected chi connectivity index (χ3v) is 6.74. The van der Waals surface area contributed by atoms with Gasteiger partial charge in [0.25, 0.3) is 0 Å². The van der Waals surface area contributed by atoms with E-state index in [4.69, 9.17) is 18.5 Å². The van der Waals surface area contributed by atoms with Crippen LogP contribution in [0.5, 0.6) is 0 Å². The Balaban J connectivity index is 2.44. The Hall–Kier alpha value is -0.0500. The van der Waals surface area contributed by atoms with E-state index in [1.54, 1.807) is 13.8 Å². The maximum absolute atomic E-state index is 12.5. The normalized spacial score (nSPS) is 26.6. The number of aliphatic hydroxyl groups excluding tert-OH is 2. The summed E-state index contributed by atoms with van der Waals surface area (Å²) in [6.07, 6.45) is 1.44. The van der Waals surface area contributed by atoms with Crippen molar-refractivity contribution < 1.29 is 33.3 Å². The molecule has 1 fully saturated rings. The number of aliphatic hydroxyl groups is 2. The van der Waals surface area contributed by atoms with Crippen LogP contribution in [0.1, 0.15) is 53.4 Å². The van der Waals surface area contributed by atoms with E-state index in [-0.39, 0.29) is 25.6 Å². The SMILES string of the molecule is CCOCCCCCCN1C[C@H](O)[C@@H](OCP(=O)(OCC)OCC)[C@@H](O)[C@H]1C. The Labute approximate surface area is 170 Å². The summed E-state index contributed by atoms with van der Waals surface area (Å²) in [5.74, 6) is 0. The van der Waals surface area contributed by atoms with Crippen LogP contribution >= 0.6 is 7.60 Å². The first kappa shape index (κ1) is 26.0. The molecule has 1 aliphatic rings. The lowest BCUT2D eigenvalue weighted by atomic mass is 9.94. The van der Waals surface area contributed by atoms with Gasteiger partial charge in [0.05, 0.1) is 25.4 Å². The van der Waals surface area contributed by atoms with E-state index in [0.717, 1.165) is 45.4 Å². The highest BCUT2D eigenvalue weighted by Crippen LogP contribution is 2.48. The van der Waals surface area contributed by atoms with Gasteiger partial charge in [-0.2, -0.15) is 0 Å². The van der Waals surface area contributed by atoms with Crippen LogP contribution in [-0.4, -0.2) is 85.3 Å². The monoisotopic (exact) mass is 425 g/mol. The van der Waals surface area contributed by atoms with Crippen molar-refractivity contribution in [1.82, 2.24) is 4.90 Å². The first-order valence-corrected chi connectivity index (χ1v) is 12.3. The van der Waals surface area contributed by atoms with Crippen molar-refractivity contribution >= 4 is 7.60 Å². The summed E-state index contributed by atoms with van der Waals surface area (Å²) in [7, 11) is -3.38. The molecule has 0 saturated carbocycles. The highest BCUT2D eigenvalue weighted by atomic mass is 31.2. The van der Waals surface area contributed by atoms with Gasteiger partial charge < -0.3 is 28.7 Å². The fraction of sp³-hybridized carbons (Fsp3) is 1.00. The fourth-order valence-corrected chi connectivity index (χ4v) is 4.80. The second kappa shape index (κ2) is 14.0. The highest BCUT2D eigenvalue weighted by Gasteiger charge is 2.41.